The van der Waals surface area contributed by atoms with Crippen LogP contribution in [0.15, 0.2) is 34.9 Å². The second-order valence-corrected chi connectivity index (χ2v) is 3.94. The highest BCUT2D eigenvalue weighted by Crippen LogP contribution is 2.04. The van der Waals surface area contributed by atoms with E-state index in [0.29, 0.717) is 11.7 Å². The molecular weight excluding hydrogens is 235 g/mol. The number of oxazole rings is 1. The third-order valence-electron chi connectivity index (χ3n) is 2.38. The van der Waals surface area contributed by atoms with Gasteiger partial charge in [0.1, 0.15) is 11.6 Å². The molecule has 1 amide bonds. The van der Waals surface area contributed by atoms with Gasteiger partial charge in [0.05, 0.1) is 19.2 Å². The lowest BCUT2D eigenvalue weighted by Gasteiger charge is -2.03. The molecule has 0 fully saturated rings. The maximum absolute atomic E-state index is 12.7. The van der Waals surface area contributed by atoms with Crippen LogP contribution in [0.5, 0.6) is 0 Å². The Balaban J connectivity index is 1.83. The van der Waals surface area contributed by atoms with Crippen LogP contribution in [0, 0.1) is 12.7 Å². The summed E-state index contributed by atoms with van der Waals surface area (Å²) < 4.78 is 17.9. The Bertz CT molecular complexity index is 534. The number of amides is 1. The molecule has 2 aromatic rings. The minimum atomic E-state index is -0.311. The minimum absolute atomic E-state index is 0.155. The van der Waals surface area contributed by atoms with Gasteiger partial charge in [0.2, 0.25) is 11.8 Å². The summed E-state index contributed by atoms with van der Waals surface area (Å²) in [6.45, 7) is 2.05. The van der Waals surface area contributed by atoms with Gasteiger partial charge in [0.25, 0.3) is 0 Å². The molecule has 0 bridgehead atoms. The molecule has 0 radical (unpaired) electrons. The first-order valence-electron chi connectivity index (χ1n) is 5.56. The Morgan fingerprint density at radius 2 is 2.11 bits per heavy atom. The van der Waals surface area contributed by atoms with Crippen LogP contribution in [-0.2, 0) is 17.8 Å². The number of hydrogen-bond donors (Lipinski definition) is 1. The summed E-state index contributed by atoms with van der Waals surface area (Å²) in [5, 5.41) is 2.69. The zero-order chi connectivity index (χ0) is 13.0. The number of aryl methyl sites for hydroxylation is 1. The average Bonchev–Trinajstić information content (AvgIpc) is 2.76. The standard InChI is InChI=1S/C13H13FN2O2/c1-9-7-16-13(18-9)8-15-12(17)6-10-2-4-11(14)5-3-10/h2-5,7H,6,8H2,1H3,(H,15,17). The zero-order valence-corrected chi connectivity index (χ0v) is 9.94. The van der Waals surface area contributed by atoms with E-state index in [-0.39, 0.29) is 24.7 Å². The Kier molecular flexibility index (Phi) is 3.72. The largest absolute Gasteiger partial charge is 0.444 e. The van der Waals surface area contributed by atoms with Crippen molar-refractivity contribution in [2.75, 3.05) is 0 Å². The molecule has 1 aromatic carbocycles. The van der Waals surface area contributed by atoms with E-state index in [1.807, 2.05) is 0 Å². The molecule has 0 unspecified atom stereocenters. The maximum atomic E-state index is 12.7. The monoisotopic (exact) mass is 248 g/mol. The highest BCUT2D eigenvalue weighted by atomic mass is 19.1. The van der Waals surface area contributed by atoms with Crippen molar-refractivity contribution in [2.24, 2.45) is 0 Å². The number of carbonyl (C=O) groups excluding carboxylic acids is 1. The van der Waals surface area contributed by atoms with Gasteiger partial charge in [-0.3, -0.25) is 4.79 Å². The summed E-state index contributed by atoms with van der Waals surface area (Å²) in [6.07, 6.45) is 1.81. The first-order chi connectivity index (χ1) is 8.63. The Hall–Kier alpha value is -2.17. The molecular formula is C13H13FN2O2. The summed E-state index contributed by atoms with van der Waals surface area (Å²) in [7, 11) is 0. The molecule has 0 aliphatic rings. The van der Waals surface area contributed by atoms with E-state index in [2.05, 4.69) is 10.3 Å². The smallest absolute Gasteiger partial charge is 0.224 e. The molecule has 0 spiro atoms. The van der Waals surface area contributed by atoms with Crippen LogP contribution in [-0.4, -0.2) is 10.9 Å². The summed E-state index contributed by atoms with van der Waals surface area (Å²) in [4.78, 5) is 15.6. The van der Waals surface area contributed by atoms with Crippen molar-refractivity contribution in [1.29, 1.82) is 0 Å². The molecule has 0 aliphatic carbocycles. The third kappa shape index (κ3) is 3.41. The lowest BCUT2D eigenvalue weighted by molar-refractivity contribution is -0.120. The third-order valence-corrected chi connectivity index (χ3v) is 2.38. The molecule has 5 heteroatoms. The quantitative estimate of drug-likeness (QED) is 0.900. The van der Waals surface area contributed by atoms with Crippen molar-refractivity contribution in [1.82, 2.24) is 10.3 Å². The van der Waals surface area contributed by atoms with Crippen molar-refractivity contribution < 1.29 is 13.6 Å². The predicted molar refractivity (Wildman–Crippen MR) is 63.2 cm³/mol. The second kappa shape index (κ2) is 5.44. The van der Waals surface area contributed by atoms with Crippen LogP contribution < -0.4 is 5.32 Å². The fourth-order valence-corrected chi connectivity index (χ4v) is 1.51. The first kappa shape index (κ1) is 12.3. The topological polar surface area (TPSA) is 55.1 Å². The van der Waals surface area contributed by atoms with Crippen molar-refractivity contribution in [3.05, 3.63) is 53.5 Å². The Morgan fingerprint density at radius 3 is 2.72 bits per heavy atom. The van der Waals surface area contributed by atoms with Gasteiger partial charge >= 0.3 is 0 Å². The molecule has 0 aliphatic heterocycles. The van der Waals surface area contributed by atoms with Crippen molar-refractivity contribution in [3.8, 4) is 0 Å². The zero-order valence-electron chi connectivity index (χ0n) is 9.94. The molecule has 18 heavy (non-hydrogen) atoms. The van der Waals surface area contributed by atoms with Gasteiger partial charge in [-0.25, -0.2) is 9.37 Å². The number of rotatable bonds is 4. The van der Waals surface area contributed by atoms with Gasteiger partial charge in [-0.05, 0) is 24.6 Å². The minimum Gasteiger partial charge on any atom is -0.444 e. The van der Waals surface area contributed by atoms with E-state index in [1.54, 1.807) is 25.3 Å². The van der Waals surface area contributed by atoms with Gasteiger partial charge in [-0.15, -0.1) is 0 Å². The highest BCUT2D eigenvalue weighted by molar-refractivity contribution is 5.78. The number of nitrogens with zero attached hydrogens (tertiary/aromatic N) is 1. The lowest BCUT2D eigenvalue weighted by atomic mass is 10.1. The van der Waals surface area contributed by atoms with Gasteiger partial charge in [-0.2, -0.15) is 0 Å². The van der Waals surface area contributed by atoms with Crippen LogP contribution in [0.3, 0.4) is 0 Å². The van der Waals surface area contributed by atoms with Gasteiger partial charge in [0.15, 0.2) is 0 Å². The number of nitrogens with one attached hydrogen (secondary N) is 1. The van der Waals surface area contributed by atoms with Gasteiger partial charge < -0.3 is 9.73 Å². The van der Waals surface area contributed by atoms with Crippen LogP contribution >= 0.6 is 0 Å². The normalized spacial score (nSPS) is 10.3. The second-order valence-electron chi connectivity index (χ2n) is 3.94. The molecule has 2 rings (SSSR count). The van der Waals surface area contributed by atoms with Crippen LogP contribution in [0.25, 0.3) is 0 Å². The Labute approximate surface area is 104 Å². The van der Waals surface area contributed by atoms with E-state index in [9.17, 15) is 9.18 Å². The average molecular weight is 248 g/mol. The number of halogens is 1. The van der Waals surface area contributed by atoms with Crippen molar-refractivity contribution in [3.63, 3.8) is 0 Å². The number of aromatic nitrogens is 1. The summed E-state index contributed by atoms with van der Waals surface area (Å²) in [6, 6.07) is 5.84. The van der Waals surface area contributed by atoms with E-state index in [0.717, 1.165) is 5.56 Å². The fraction of sp³-hybridized carbons (Fsp3) is 0.231. The molecule has 0 saturated carbocycles. The molecule has 0 saturated heterocycles. The lowest BCUT2D eigenvalue weighted by Crippen LogP contribution is -2.24. The van der Waals surface area contributed by atoms with E-state index in [4.69, 9.17) is 4.42 Å². The van der Waals surface area contributed by atoms with Crippen molar-refractivity contribution in [2.45, 2.75) is 19.9 Å². The maximum Gasteiger partial charge on any atom is 0.224 e. The van der Waals surface area contributed by atoms with E-state index >= 15 is 0 Å². The molecule has 1 aromatic heterocycles. The highest BCUT2D eigenvalue weighted by Gasteiger charge is 2.06. The molecule has 4 nitrogen and oxygen atoms in total. The van der Waals surface area contributed by atoms with Gasteiger partial charge in [0, 0.05) is 0 Å². The molecule has 1 N–H and O–H groups in total. The summed E-state index contributed by atoms with van der Waals surface area (Å²) >= 11 is 0. The number of hydrogen-bond acceptors (Lipinski definition) is 3. The van der Waals surface area contributed by atoms with Crippen LogP contribution in [0.2, 0.25) is 0 Å². The van der Waals surface area contributed by atoms with Crippen molar-refractivity contribution >= 4 is 5.91 Å². The summed E-state index contributed by atoms with van der Waals surface area (Å²) in [5.41, 5.74) is 0.762. The number of benzene rings is 1. The van der Waals surface area contributed by atoms with Crippen LogP contribution in [0.1, 0.15) is 17.2 Å². The van der Waals surface area contributed by atoms with Crippen LogP contribution in [0.4, 0.5) is 4.39 Å². The predicted octanol–water partition coefficient (Wildman–Crippen LogP) is 1.98. The fourth-order valence-electron chi connectivity index (χ4n) is 1.51. The van der Waals surface area contributed by atoms with Gasteiger partial charge in [-0.1, -0.05) is 12.1 Å². The first-order valence-corrected chi connectivity index (χ1v) is 5.56. The van der Waals surface area contributed by atoms with E-state index in [1.165, 1.54) is 12.1 Å². The molecule has 0 atom stereocenters. The van der Waals surface area contributed by atoms with E-state index < -0.39 is 0 Å². The molecule has 94 valence electrons. The summed E-state index contributed by atoms with van der Waals surface area (Å²) in [5.74, 6) is 0.713. The molecule has 1 heterocycles. The SMILES string of the molecule is Cc1cnc(CNC(=O)Cc2ccc(F)cc2)o1. The number of carbonyl (C=O) groups is 1. The Morgan fingerprint density at radius 1 is 1.39 bits per heavy atom.